The smallest absolute Gasteiger partial charge is 0.163 e. The lowest BCUT2D eigenvalue weighted by atomic mass is 9.98. The molecule has 1 atom stereocenters. The van der Waals surface area contributed by atoms with Crippen LogP contribution < -0.4 is 15.2 Å². The van der Waals surface area contributed by atoms with E-state index in [9.17, 15) is 0 Å². The average Bonchev–Trinajstić information content (AvgIpc) is 2.70. The zero-order chi connectivity index (χ0) is 12.7. The molecule has 96 valence electrons. The minimum atomic E-state index is 0.335. The van der Waals surface area contributed by atoms with Crippen molar-refractivity contribution < 1.29 is 9.47 Å². The molecule has 0 fully saturated rings. The van der Waals surface area contributed by atoms with Crippen LogP contribution in [0.1, 0.15) is 24.1 Å². The summed E-state index contributed by atoms with van der Waals surface area (Å²) < 4.78 is 11.2. The molecule has 0 amide bonds. The molecule has 4 nitrogen and oxygen atoms in total. The van der Waals surface area contributed by atoms with Gasteiger partial charge in [-0.2, -0.15) is 0 Å². The lowest BCUT2D eigenvalue weighted by Gasteiger charge is -2.18. The fourth-order valence-electron chi connectivity index (χ4n) is 2.64. The van der Waals surface area contributed by atoms with Gasteiger partial charge in [-0.05, 0) is 31.0 Å². The summed E-state index contributed by atoms with van der Waals surface area (Å²) in [4.78, 5) is 3.40. The monoisotopic (exact) mass is 246 g/mol. The quantitative estimate of drug-likeness (QED) is 0.854. The predicted molar refractivity (Wildman–Crippen MR) is 71.5 cm³/mol. The van der Waals surface area contributed by atoms with Crippen molar-refractivity contribution in [1.82, 2.24) is 4.98 Å². The second kappa shape index (κ2) is 4.21. The van der Waals surface area contributed by atoms with Gasteiger partial charge in [-0.3, -0.25) is 0 Å². The molecular formula is C14H18N2O2. The number of fused-ring (bicyclic) bond motifs is 2. The number of aromatic amines is 1. The Morgan fingerprint density at radius 2 is 1.94 bits per heavy atom. The number of hydrogen-bond acceptors (Lipinski definition) is 3. The molecule has 1 aromatic carbocycles. The summed E-state index contributed by atoms with van der Waals surface area (Å²) in [6.07, 6.45) is 0. The molecule has 0 bridgehead atoms. The highest BCUT2D eigenvalue weighted by molar-refractivity contribution is 5.88. The van der Waals surface area contributed by atoms with E-state index in [-0.39, 0.29) is 0 Å². The minimum Gasteiger partial charge on any atom is -0.486 e. The molecule has 2 heterocycles. The van der Waals surface area contributed by atoms with Gasteiger partial charge in [0.15, 0.2) is 11.5 Å². The van der Waals surface area contributed by atoms with Crippen LogP contribution in [0.2, 0.25) is 0 Å². The Hall–Kier alpha value is -1.68. The maximum absolute atomic E-state index is 5.79. The maximum Gasteiger partial charge on any atom is 0.163 e. The van der Waals surface area contributed by atoms with Crippen molar-refractivity contribution in [3.63, 3.8) is 0 Å². The Bertz CT molecular complexity index is 589. The molecule has 0 aliphatic carbocycles. The molecule has 0 saturated heterocycles. The van der Waals surface area contributed by atoms with Crippen LogP contribution in [-0.4, -0.2) is 24.7 Å². The van der Waals surface area contributed by atoms with Gasteiger partial charge in [0, 0.05) is 22.7 Å². The molecule has 0 saturated carbocycles. The highest BCUT2D eigenvalue weighted by Gasteiger charge is 2.19. The largest absolute Gasteiger partial charge is 0.486 e. The van der Waals surface area contributed by atoms with E-state index in [4.69, 9.17) is 15.2 Å². The van der Waals surface area contributed by atoms with E-state index < -0.39 is 0 Å². The molecule has 1 unspecified atom stereocenters. The highest BCUT2D eigenvalue weighted by Crippen LogP contribution is 2.38. The molecule has 0 radical (unpaired) electrons. The van der Waals surface area contributed by atoms with E-state index in [0.29, 0.717) is 25.7 Å². The summed E-state index contributed by atoms with van der Waals surface area (Å²) in [6.45, 7) is 6.10. The van der Waals surface area contributed by atoms with Crippen molar-refractivity contribution in [3.05, 3.63) is 23.4 Å². The van der Waals surface area contributed by atoms with Crippen LogP contribution in [-0.2, 0) is 0 Å². The maximum atomic E-state index is 5.79. The molecule has 3 N–H and O–H groups in total. The standard InChI is InChI=1S/C14H18N2O2/c1-8(7-15)14-9(2)16-11-6-13-12(5-10(11)14)17-3-4-18-13/h5-6,8,16H,3-4,7,15H2,1-2H3. The summed E-state index contributed by atoms with van der Waals surface area (Å²) in [5.41, 5.74) is 9.33. The average molecular weight is 246 g/mol. The van der Waals surface area contributed by atoms with Crippen LogP contribution in [0.4, 0.5) is 0 Å². The zero-order valence-electron chi connectivity index (χ0n) is 10.7. The second-order valence-corrected chi connectivity index (χ2v) is 4.84. The Morgan fingerprint density at radius 3 is 2.61 bits per heavy atom. The van der Waals surface area contributed by atoms with E-state index in [2.05, 4.69) is 24.9 Å². The third-order valence-corrected chi connectivity index (χ3v) is 3.55. The summed E-state index contributed by atoms with van der Waals surface area (Å²) in [5, 5.41) is 1.19. The topological polar surface area (TPSA) is 60.3 Å². The van der Waals surface area contributed by atoms with Crippen LogP contribution in [0.3, 0.4) is 0 Å². The Morgan fingerprint density at radius 1 is 1.28 bits per heavy atom. The number of aryl methyl sites for hydroxylation is 1. The second-order valence-electron chi connectivity index (χ2n) is 4.84. The summed E-state index contributed by atoms with van der Waals surface area (Å²) in [6, 6.07) is 4.08. The fourth-order valence-corrected chi connectivity index (χ4v) is 2.64. The van der Waals surface area contributed by atoms with Crippen molar-refractivity contribution in [2.24, 2.45) is 5.73 Å². The molecule has 4 heteroatoms. The third-order valence-electron chi connectivity index (χ3n) is 3.55. The van der Waals surface area contributed by atoms with Crippen LogP contribution in [0.5, 0.6) is 11.5 Å². The molecular weight excluding hydrogens is 228 g/mol. The van der Waals surface area contributed by atoms with E-state index in [0.717, 1.165) is 17.0 Å². The van der Waals surface area contributed by atoms with E-state index in [1.54, 1.807) is 0 Å². The normalized spacial score (nSPS) is 15.9. The van der Waals surface area contributed by atoms with Crippen LogP contribution >= 0.6 is 0 Å². The molecule has 1 aliphatic heterocycles. The van der Waals surface area contributed by atoms with Crippen molar-refractivity contribution >= 4 is 10.9 Å². The van der Waals surface area contributed by atoms with Gasteiger partial charge in [-0.25, -0.2) is 0 Å². The fraction of sp³-hybridized carbons (Fsp3) is 0.429. The zero-order valence-corrected chi connectivity index (χ0v) is 10.7. The van der Waals surface area contributed by atoms with Crippen LogP contribution in [0.25, 0.3) is 10.9 Å². The minimum absolute atomic E-state index is 0.335. The van der Waals surface area contributed by atoms with Gasteiger partial charge >= 0.3 is 0 Å². The van der Waals surface area contributed by atoms with Gasteiger partial charge in [0.25, 0.3) is 0 Å². The van der Waals surface area contributed by atoms with E-state index in [1.807, 2.05) is 6.07 Å². The van der Waals surface area contributed by atoms with Gasteiger partial charge < -0.3 is 20.2 Å². The first-order valence-corrected chi connectivity index (χ1v) is 6.32. The first kappa shape index (κ1) is 11.4. The number of H-pyrrole nitrogens is 1. The number of benzene rings is 1. The van der Waals surface area contributed by atoms with Crippen molar-refractivity contribution in [1.29, 1.82) is 0 Å². The van der Waals surface area contributed by atoms with Gasteiger partial charge in [-0.1, -0.05) is 6.92 Å². The summed E-state index contributed by atoms with van der Waals surface area (Å²) in [7, 11) is 0. The van der Waals surface area contributed by atoms with Gasteiger partial charge in [-0.15, -0.1) is 0 Å². The lowest BCUT2D eigenvalue weighted by Crippen LogP contribution is -2.15. The first-order chi connectivity index (χ1) is 8.70. The SMILES string of the molecule is Cc1[nH]c2cc3c(cc2c1C(C)CN)OCCO3. The van der Waals surface area contributed by atoms with Gasteiger partial charge in [0.2, 0.25) is 0 Å². The number of aromatic nitrogens is 1. The number of hydrogen-bond donors (Lipinski definition) is 2. The van der Waals surface area contributed by atoms with Gasteiger partial charge in [0.1, 0.15) is 13.2 Å². The molecule has 3 rings (SSSR count). The van der Waals surface area contributed by atoms with E-state index in [1.165, 1.54) is 16.6 Å². The number of nitrogens with one attached hydrogen (secondary N) is 1. The van der Waals surface area contributed by atoms with Crippen LogP contribution in [0, 0.1) is 6.92 Å². The predicted octanol–water partition coefficient (Wildman–Crippen LogP) is 2.31. The molecule has 18 heavy (non-hydrogen) atoms. The van der Waals surface area contributed by atoms with Crippen molar-refractivity contribution in [2.75, 3.05) is 19.8 Å². The van der Waals surface area contributed by atoms with Crippen molar-refractivity contribution in [3.8, 4) is 11.5 Å². The Labute approximate surface area is 106 Å². The molecule has 0 spiro atoms. The summed E-state index contributed by atoms with van der Waals surface area (Å²) in [5.74, 6) is 1.99. The number of nitrogens with two attached hydrogens (primary N) is 1. The summed E-state index contributed by atoms with van der Waals surface area (Å²) >= 11 is 0. The lowest BCUT2D eigenvalue weighted by molar-refractivity contribution is 0.172. The molecule has 2 aromatic rings. The van der Waals surface area contributed by atoms with Crippen molar-refractivity contribution in [2.45, 2.75) is 19.8 Å². The Balaban J connectivity index is 2.22. The third kappa shape index (κ3) is 1.64. The number of rotatable bonds is 2. The van der Waals surface area contributed by atoms with Gasteiger partial charge in [0.05, 0.1) is 0 Å². The van der Waals surface area contributed by atoms with E-state index >= 15 is 0 Å². The highest BCUT2D eigenvalue weighted by atomic mass is 16.6. The Kier molecular flexibility index (Phi) is 2.67. The molecule has 1 aliphatic rings. The number of ether oxygens (including phenoxy) is 2. The van der Waals surface area contributed by atoms with Crippen LogP contribution in [0.15, 0.2) is 12.1 Å². The first-order valence-electron chi connectivity index (χ1n) is 6.32. The molecule has 1 aromatic heterocycles.